The van der Waals surface area contributed by atoms with Gasteiger partial charge in [-0.15, -0.1) is 0 Å². The highest BCUT2D eigenvalue weighted by atomic mass is 19.1. The molecule has 0 bridgehead atoms. The van der Waals surface area contributed by atoms with Gasteiger partial charge < -0.3 is 25.2 Å². The van der Waals surface area contributed by atoms with Gasteiger partial charge in [-0.3, -0.25) is 4.98 Å². The summed E-state index contributed by atoms with van der Waals surface area (Å²) in [6, 6.07) is 6.14. The summed E-state index contributed by atoms with van der Waals surface area (Å²) < 4.78 is 18.9. The Hall–Kier alpha value is -2.87. The predicted molar refractivity (Wildman–Crippen MR) is 98.5 cm³/mol. The quantitative estimate of drug-likeness (QED) is 0.744. The highest BCUT2D eigenvalue weighted by molar-refractivity contribution is 5.66. The molecule has 1 aromatic carbocycles. The lowest BCUT2D eigenvalue weighted by Gasteiger charge is -2.35. The van der Waals surface area contributed by atoms with Crippen LogP contribution in [0.3, 0.4) is 0 Å². The molecule has 0 radical (unpaired) electrons. The summed E-state index contributed by atoms with van der Waals surface area (Å²) in [6.07, 6.45) is 2.21. The maximum atomic E-state index is 14.0. The van der Waals surface area contributed by atoms with Gasteiger partial charge in [-0.2, -0.15) is 0 Å². The number of aromatic nitrogens is 1. The monoisotopic (exact) mass is 375 g/mol. The fraction of sp³-hybridized carbons (Fsp3) is 0.368. The summed E-state index contributed by atoms with van der Waals surface area (Å²) in [4.78, 5) is 17.3. The lowest BCUT2D eigenvalue weighted by molar-refractivity contribution is 0.188. The third-order valence-electron chi connectivity index (χ3n) is 4.67. The summed E-state index contributed by atoms with van der Waals surface area (Å²) in [6.45, 7) is 1.07. The maximum absolute atomic E-state index is 14.0. The molecular weight excluding hydrogens is 353 g/mol. The molecule has 0 saturated carbocycles. The van der Waals surface area contributed by atoms with Crippen LogP contribution in [0, 0.1) is 5.82 Å². The molecule has 3 rings (SSSR count). The van der Waals surface area contributed by atoms with Gasteiger partial charge >= 0.3 is 6.09 Å². The first-order valence-corrected chi connectivity index (χ1v) is 8.70. The smallest absolute Gasteiger partial charge is 0.404 e. The summed E-state index contributed by atoms with van der Waals surface area (Å²) in [5.74, 6) is -0.326. The van der Waals surface area contributed by atoms with E-state index in [1.807, 2.05) is 4.90 Å². The summed E-state index contributed by atoms with van der Waals surface area (Å²) in [5.41, 5.74) is 2.54. The van der Waals surface area contributed by atoms with Crippen molar-refractivity contribution < 1.29 is 24.1 Å². The van der Waals surface area contributed by atoms with Gasteiger partial charge in [0.05, 0.1) is 31.3 Å². The first-order chi connectivity index (χ1) is 13.0. The SMILES string of the molecule is COc1ccc(-c2cc(CO)c(N3CCCC(NC(=O)O)C3)cn2)cc1F. The third-order valence-corrected chi connectivity index (χ3v) is 4.67. The molecule has 2 heterocycles. The third kappa shape index (κ3) is 4.28. The van der Waals surface area contributed by atoms with Crippen molar-refractivity contribution in [3.05, 3.63) is 41.8 Å². The zero-order chi connectivity index (χ0) is 19.4. The van der Waals surface area contributed by atoms with E-state index in [0.29, 0.717) is 23.4 Å². The number of amides is 1. The van der Waals surface area contributed by atoms with Gasteiger partial charge in [0.15, 0.2) is 11.6 Å². The van der Waals surface area contributed by atoms with Crippen LogP contribution >= 0.6 is 0 Å². The molecule has 1 saturated heterocycles. The van der Waals surface area contributed by atoms with Crippen molar-refractivity contribution in [2.45, 2.75) is 25.5 Å². The van der Waals surface area contributed by atoms with Crippen LogP contribution in [0.2, 0.25) is 0 Å². The lowest BCUT2D eigenvalue weighted by Crippen LogP contribution is -2.47. The molecule has 7 nitrogen and oxygen atoms in total. The average molecular weight is 375 g/mol. The zero-order valence-corrected chi connectivity index (χ0v) is 15.0. The van der Waals surface area contributed by atoms with E-state index in [4.69, 9.17) is 9.84 Å². The summed E-state index contributed by atoms with van der Waals surface area (Å²) >= 11 is 0. The van der Waals surface area contributed by atoms with Crippen LogP contribution in [0.25, 0.3) is 11.3 Å². The van der Waals surface area contributed by atoms with Gasteiger partial charge in [-0.05, 0) is 37.1 Å². The van der Waals surface area contributed by atoms with Crippen LogP contribution in [-0.2, 0) is 6.61 Å². The van der Waals surface area contributed by atoms with Crippen molar-refractivity contribution in [2.24, 2.45) is 0 Å². The van der Waals surface area contributed by atoms with Crippen molar-refractivity contribution in [3.63, 3.8) is 0 Å². The number of aliphatic hydroxyl groups is 1. The lowest BCUT2D eigenvalue weighted by atomic mass is 10.0. The molecule has 1 aliphatic rings. The van der Waals surface area contributed by atoms with Crippen molar-refractivity contribution in [3.8, 4) is 17.0 Å². The topological polar surface area (TPSA) is 94.9 Å². The van der Waals surface area contributed by atoms with Crippen LogP contribution in [-0.4, -0.2) is 47.5 Å². The number of pyridine rings is 1. The van der Waals surface area contributed by atoms with E-state index in [2.05, 4.69) is 10.3 Å². The number of rotatable bonds is 5. The van der Waals surface area contributed by atoms with Gasteiger partial charge in [0.2, 0.25) is 0 Å². The molecule has 144 valence electrons. The van der Waals surface area contributed by atoms with Crippen molar-refractivity contribution in [2.75, 3.05) is 25.1 Å². The van der Waals surface area contributed by atoms with Crippen LogP contribution in [0.15, 0.2) is 30.5 Å². The van der Waals surface area contributed by atoms with E-state index in [1.165, 1.54) is 19.2 Å². The van der Waals surface area contributed by atoms with Gasteiger partial charge in [0.1, 0.15) is 0 Å². The van der Waals surface area contributed by atoms with Gasteiger partial charge in [-0.25, -0.2) is 9.18 Å². The molecule has 27 heavy (non-hydrogen) atoms. The Bertz CT molecular complexity index is 831. The second-order valence-corrected chi connectivity index (χ2v) is 6.44. The summed E-state index contributed by atoms with van der Waals surface area (Å²) in [7, 11) is 1.40. The minimum absolute atomic E-state index is 0.156. The minimum atomic E-state index is -1.04. The van der Waals surface area contributed by atoms with Gasteiger partial charge in [0, 0.05) is 30.3 Å². The van der Waals surface area contributed by atoms with E-state index in [1.54, 1.807) is 18.3 Å². The number of benzene rings is 1. The standard InChI is InChI=1S/C19H22FN3O4/c1-27-18-5-4-12(7-15(18)20)16-8-13(11-24)17(9-21-16)23-6-2-3-14(10-23)22-19(25)26/h4-5,7-9,14,22,24H,2-3,6,10-11H2,1H3,(H,25,26). The number of nitrogens with zero attached hydrogens (tertiary/aromatic N) is 2. The van der Waals surface area contributed by atoms with Crippen molar-refractivity contribution in [1.29, 1.82) is 0 Å². The van der Waals surface area contributed by atoms with Crippen LogP contribution in [0.1, 0.15) is 18.4 Å². The van der Waals surface area contributed by atoms with E-state index >= 15 is 0 Å². The number of methoxy groups -OCH3 is 1. The number of carboxylic acid groups (broad SMARTS) is 1. The molecule has 0 aliphatic carbocycles. The Labute approximate surface area is 156 Å². The van der Waals surface area contributed by atoms with Crippen molar-refractivity contribution >= 4 is 11.8 Å². The van der Waals surface area contributed by atoms with Crippen LogP contribution in [0.4, 0.5) is 14.9 Å². The normalized spacial score (nSPS) is 16.9. The van der Waals surface area contributed by atoms with E-state index in [-0.39, 0.29) is 18.4 Å². The number of halogens is 1. The number of hydrogen-bond acceptors (Lipinski definition) is 5. The molecule has 8 heteroatoms. The Kier molecular flexibility index (Phi) is 5.75. The molecule has 0 spiro atoms. The second kappa shape index (κ2) is 8.22. The average Bonchev–Trinajstić information content (AvgIpc) is 2.67. The number of hydrogen-bond donors (Lipinski definition) is 3. The van der Waals surface area contributed by atoms with E-state index < -0.39 is 11.9 Å². The molecule has 3 N–H and O–H groups in total. The first-order valence-electron chi connectivity index (χ1n) is 8.70. The number of ether oxygens (including phenoxy) is 1. The molecule has 1 aromatic heterocycles. The largest absolute Gasteiger partial charge is 0.494 e. The molecule has 1 unspecified atom stereocenters. The molecule has 2 aromatic rings. The van der Waals surface area contributed by atoms with Gasteiger partial charge in [-0.1, -0.05) is 0 Å². The highest BCUT2D eigenvalue weighted by Gasteiger charge is 2.23. The highest BCUT2D eigenvalue weighted by Crippen LogP contribution is 2.29. The van der Waals surface area contributed by atoms with E-state index in [9.17, 15) is 14.3 Å². The van der Waals surface area contributed by atoms with E-state index in [0.717, 1.165) is 25.1 Å². The molecule has 1 amide bonds. The number of carbonyl (C=O) groups is 1. The Balaban J connectivity index is 1.86. The van der Waals surface area contributed by atoms with Crippen molar-refractivity contribution in [1.82, 2.24) is 10.3 Å². The minimum Gasteiger partial charge on any atom is -0.494 e. The Morgan fingerprint density at radius 2 is 2.26 bits per heavy atom. The molecule has 1 atom stereocenters. The fourth-order valence-electron chi connectivity index (χ4n) is 3.37. The number of piperidine rings is 1. The zero-order valence-electron chi connectivity index (χ0n) is 15.0. The second-order valence-electron chi connectivity index (χ2n) is 6.44. The maximum Gasteiger partial charge on any atom is 0.404 e. The van der Waals surface area contributed by atoms with Crippen LogP contribution < -0.4 is 15.0 Å². The van der Waals surface area contributed by atoms with Gasteiger partial charge in [0.25, 0.3) is 0 Å². The first kappa shape index (κ1) is 18.9. The summed E-state index contributed by atoms with van der Waals surface area (Å²) in [5, 5.41) is 21.2. The molecular formula is C19H22FN3O4. The Morgan fingerprint density at radius 1 is 1.44 bits per heavy atom. The molecule has 1 aliphatic heterocycles. The number of aliphatic hydroxyl groups excluding tert-OH is 1. The Morgan fingerprint density at radius 3 is 2.93 bits per heavy atom. The predicted octanol–water partition coefficient (Wildman–Crippen LogP) is 2.62. The molecule has 1 fully saturated rings. The number of anilines is 1. The fourth-order valence-corrected chi connectivity index (χ4v) is 3.37. The van der Waals surface area contributed by atoms with Crippen LogP contribution in [0.5, 0.6) is 5.75 Å². The number of nitrogens with one attached hydrogen (secondary N) is 1.